The number of hydrogen-bond donors (Lipinski definition) is 0. The Morgan fingerprint density at radius 3 is 2.40 bits per heavy atom. The Hall–Kier alpha value is -3.16. The number of oxazole rings is 1. The fourth-order valence-corrected chi connectivity index (χ4v) is 4.97. The summed E-state index contributed by atoms with van der Waals surface area (Å²) in [6.45, 7) is 2.16. The van der Waals surface area contributed by atoms with Crippen molar-refractivity contribution in [3.05, 3.63) is 78.2 Å². The number of rotatable bonds is 5. The first-order valence-corrected chi connectivity index (χ1v) is 11.1. The molecule has 1 atom stereocenters. The number of fused-ring (bicyclic) bond motifs is 4. The van der Waals surface area contributed by atoms with Crippen molar-refractivity contribution in [3.63, 3.8) is 0 Å². The molecule has 0 radical (unpaired) electrons. The quantitative estimate of drug-likeness (QED) is 0.306. The molecule has 30 heavy (non-hydrogen) atoms. The van der Waals surface area contributed by atoms with Crippen LogP contribution in [0.25, 0.3) is 33.0 Å². The molecular formula is C23H19NO5S. The van der Waals surface area contributed by atoms with Crippen molar-refractivity contribution >= 4 is 43.2 Å². The number of aryl methyl sites for hydroxylation is 2. The lowest BCUT2D eigenvalue weighted by Crippen LogP contribution is -2.36. The lowest BCUT2D eigenvalue weighted by Gasteiger charge is -2.19. The Labute approximate surface area is 173 Å². The summed E-state index contributed by atoms with van der Waals surface area (Å²) in [5.41, 5.74) is 3.52. The monoisotopic (exact) mass is 421 g/mol. The summed E-state index contributed by atoms with van der Waals surface area (Å²) in [6.07, 6.45) is 0.153. The summed E-state index contributed by atoms with van der Waals surface area (Å²) in [6, 6.07) is 20.3. The van der Waals surface area contributed by atoms with E-state index in [2.05, 4.69) is 0 Å². The highest BCUT2D eigenvalue weighted by Gasteiger charge is 2.26. The van der Waals surface area contributed by atoms with Gasteiger partial charge in [0, 0.05) is 29.3 Å². The molecule has 3 aromatic carbocycles. The van der Waals surface area contributed by atoms with E-state index < -0.39 is 15.4 Å². The Morgan fingerprint density at radius 2 is 1.63 bits per heavy atom. The molecular weight excluding hydrogens is 402 g/mol. The molecule has 2 aromatic heterocycles. The highest BCUT2D eigenvalue weighted by Crippen LogP contribution is 2.32. The largest absolute Gasteiger partial charge is 0.747 e. The summed E-state index contributed by atoms with van der Waals surface area (Å²) >= 11 is 0. The van der Waals surface area contributed by atoms with Gasteiger partial charge >= 0.3 is 5.89 Å². The van der Waals surface area contributed by atoms with E-state index in [9.17, 15) is 13.0 Å². The van der Waals surface area contributed by atoms with E-state index in [0.29, 0.717) is 23.6 Å². The minimum Gasteiger partial charge on any atom is -0.747 e. The van der Waals surface area contributed by atoms with Crippen LogP contribution in [0.5, 0.6) is 0 Å². The Bertz CT molecular complexity index is 1480. The minimum absolute atomic E-state index is 0.153. The predicted octanol–water partition coefficient (Wildman–Crippen LogP) is 4.60. The third kappa shape index (κ3) is 3.16. The fourth-order valence-electron chi connectivity index (χ4n) is 4.09. The Balaban J connectivity index is 1.58. The molecule has 0 fully saturated rings. The van der Waals surface area contributed by atoms with Crippen LogP contribution in [0.1, 0.15) is 23.1 Å². The van der Waals surface area contributed by atoms with Crippen molar-refractivity contribution in [2.45, 2.75) is 25.1 Å². The summed E-state index contributed by atoms with van der Waals surface area (Å²) in [5.74, 6) is 0.636. The maximum Gasteiger partial charge on any atom is 0.344 e. The predicted molar refractivity (Wildman–Crippen MR) is 112 cm³/mol. The van der Waals surface area contributed by atoms with Gasteiger partial charge in [0.05, 0.1) is 12.2 Å². The van der Waals surface area contributed by atoms with E-state index in [1.54, 1.807) is 30.3 Å². The van der Waals surface area contributed by atoms with Gasteiger partial charge in [-0.1, -0.05) is 48.5 Å². The van der Waals surface area contributed by atoms with Crippen molar-refractivity contribution in [1.29, 1.82) is 0 Å². The van der Waals surface area contributed by atoms with Gasteiger partial charge in [-0.15, -0.1) is 0 Å². The van der Waals surface area contributed by atoms with Crippen LogP contribution in [-0.4, -0.2) is 13.0 Å². The van der Waals surface area contributed by atoms with Crippen LogP contribution in [0.3, 0.4) is 0 Å². The van der Waals surface area contributed by atoms with Crippen LogP contribution in [0.4, 0.5) is 0 Å². The zero-order chi connectivity index (χ0) is 20.9. The zero-order valence-electron chi connectivity index (χ0n) is 16.2. The van der Waals surface area contributed by atoms with Crippen LogP contribution in [0, 0.1) is 6.92 Å². The van der Waals surface area contributed by atoms with Crippen LogP contribution in [0.15, 0.2) is 75.6 Å². The van der Waals surface area contributed by atoms with E-state index in [4.69, 9.17) is 8.83 Å². The molecule has 0 amide bonds. The van der Waals surface area contributed by atoms with E-state index in [1.165, 1.54) is 0 Å². The third-order valence-corrected chi connectivity index (χ3v) is 6.73. The smallest absolute Gasteiger partial charge is 0.344 e. The highest BCUT2D eigenvalue weighted by atomic mass is 32.2. The molecule has 0 spiro atoms. The molecule has 5 aromatic rings. The second-order valence-electron chi connectivity index (χ2n) is 7.37. The van der Waals surface area contributed by atoms with Crippen LogP contribution < -0.4 is 4.57 Å². The van der Waals surface area contributed by atoms with E-state index in [0.717, 1.165) is 27.5 Å². The van der Waals surface area contributed by atoms with E-state index >= 15 is 0 Å². The maximum absolute atomic E-state index is 11.9. The van der Waals surface area contributed by atoms with Gasteiger partial charge in [-0.3, -0.25) is 0 Å². The normalized spacial score (nSPS) is 13.4. The van der Waals surface area contributed by atoms with Crippen LogP contribution in [0.2, 0.25) is 0 Å². The average molecular weight is 421 g/mol. The van der Waals surface area contributed by atoms with Crippen LogP contribution in [-0.2, 0) is 16.7 Å². The highest BCUT2D eigenvalue weighted by molar-refractivity contribution is 7.86. The first-order valence-electron chi connectivity index (χ1n) is 9.66. The first-order chi connectivity index (χ1) is 14.4. The number of hydrogen-bond acceptors (Lipinski definition) is 5. The van der Waals surface area contributed by atoms with Gasteiger partial charge in [0.15, 0.2) is 6.54 Å². The van der Waals surface area contributed by atoms with Crippen molar-refractivity contribution < 1.29 is 26.4 Å². The summed E-state index contributed by atoms with van der Waals surface area (Å²) in [7, 11) is -4.50. The molecule has 1 unspecified atom stereocenters. The van der Waals surface area contributed by atoms with Gasteiger partial charge < -0.3 is 13.4 Å². The Kier molecular flexibility index (Phi) is 4.38. The number of furan rings is 1. The molecule has 0 aliphatic carbocycles. The second kappa shape index (κ2) is 6.97. The van der Waals surface area contributed by atoms with Gasteiger partial charge in [0.2, 0.25) is 5.58 Å². The van der Waals surface area contributed by atoms with Crippen molar-refractivity contribution in [3.8, 4) is 0 Å². The number of nitrogens with zero attached hydrogens (tertiary/aromatic N) is 1. The standard InChI is InChI=1S/C23H19NO5S/c1-15-24(12-11-23(30(25,26)27)16-7-3-2-4-8-16)19-13-18-17-9-5-6-10-20(17)29-21(18)14-22(19)28-15/h2-10,13-14,23H,11-12H2,1H3. The van der Waals surface area contributed by atoms with E-state index in [1.807, 2.05) is 47.9 Å². The van der Waals surface area contributed by atoms with Gasteiger partial charge in [0.25, 0.3) is 5.52 Å². The molecule has 0 aliphatic rings. The molecule has 0 aliphatic heterocycles. The SMILES string of the molecule is Cc1oc2cc3oc4ccccc4c3cc2[n+]1CCC(c1ccccc1)S(=O)(=O)[O-]. The number of benzene rings is 3. The number of aromatic nitrogens is 1. The van der Waals surface area contributed by atoms with Gasteiger partial charge in [-0.05, 0) is 11.6 Å². The molecule has 0 bridgehead atoms. The Morgan fingerprint density at radius 1 is 0.900 bits per heavy atom. The van der Waals surface area contributed by atoms with Gasteiger partial charge in [0.1, 0.15) is 21.3 Å². The molecule has 0 saturated heterocycles. The molecule has 2 heterocycles. The average Bonchev–Trinajstić information content (AvgIpc) is 3.22. The molecule has 0 N–H and O–H groups in total. The lowest BCUT2D eigenvalue weighted by molar-refractivity contribution is -0.683. The molecule has 0 saturated carbocycles. The first kappa shape index (κ1) is 18.8. The maximum atomic E-state index is 11.9. The summed E-state index contributed by atoms with van der Waals surface area (Å²) in [4.78, 5) is 0. The van der Waals surface area contributed by atoms with Crippen molar-refractivity contribution in [2.24, 2.45) is 0 Å². The minimum atomic E-state index is -4.50. The van der Waals surface area contributed by atoms with Crippen molar-refractivity contribution in [2.75, 3.05) is 0 Å². The molecule has 5 rings (SSSR count). The molecule has 7 heteroatoms. The molecule has 6 nitrogen and oxygen atoms in total. The topological polar surface area (TPSA) is 87.4 Å². The van der Waals surface area contributed by atoms with Gasteiger partial charge in [-0.2, -0.15) is 4.57 Å². The van der Waals surface area contributed by atoms with Gasteiger partial charge in [-0.25, -0.2) is 8.42 Å². The second-order valence-corrected chi connectivity index (χ2v) is 8.92. The lowest BCUT2D eigenvalue weighted by atomic mass is 10.1. The fraction of sp³-hybridized carbons (Fsp3) is 0.174. The zero-order valence-corrected chi connectivity index (χ0v) is 17.1. The van der Waals surface area contributed by atoms with E-state index in [-0.39, 0.29) is 6.42 Å². The summed E-state index contributed by atoms with van der Waals surface area (Å²) < 4.78 is 49.5. The molecule has 152 valence electrons. The third-order valence-electron chi connectivity index (χ3n) is 5.52. The number of para-hydroxylation sites is 1. The van der Waals surface area contributed by atoms with Crippen molar-refractivity contribution in [1.82, 2.24) is 0 Å². The van der Waals surface area contributed by atoms with Crippen LogP contribution >= 0.6 is 0 Å². The summed E-state index contributed by atoms with van der Waals surface area (Å²) in [5, 5.41) is 0.849.